The van der Waals surface area contributed by atoms with Crippen LogP contribution in [0.1, 0.15) is 17.4 Å². The summed E-state index contributed by atoms with van der Waals surface area (Å²) >= 11 is 1.77. The minimum Gasteiger partial charge on any atom is -0.490 e. The number of nitrogens with zero attached hydrogens (tertiary/aromatic N) is 1. The molecule has 0 saturated heterocycles. The Balaban J connectivity index is 1.59. The van der Waals surface area contributed by atoms with Crippen LogP contribution < -0.4 is 9.47 Å². The molecule has 0 fully saturated rings. The molecule has 5 heteroatoms. The molecule has 116 valence electrons. The lowest BCUT2D eigenvalue weighted by Gasteiger charge is -2.27. The summed E-state index contributed by atoms with van der Waals surface area (Å²) in [6.07, 6.45) is 0.939. The van der Waals surface area contributed by atoms with E-state index in [2.05, 4.69) is 11.4 Å². The summed E-state index contributed by atoms with van der Waals surface area (Å²) in [6, 6.07) is 9.54. The topological polar surface area (TPSA) is 38.8 Å². The van der Waals surface area contributed by atoms with Crippen molar-refractivity contribution >= 4 is 17.2 Å². The van der Waals surface area contributed by atoms with Crippen molar-refractivity contribution in [3.05, 3.63) is 46.2 Å². The molecule has 0 unspecified atom stereocenters. The SMILES string of the molecule is CCOc1ccccc1OCC(=O)N1CCc2sccc2C1. The molecule has 1 amide bonds. The van der Waals surface area contributed by atoms with Crippen LogP contribution in [0.5, 0.6) is 11.5 Å². The number of amides is 1. The van der Waals surface area contributed by atoms with E-state index in [1.807, 2.05) is 36.1 Å². The number of carbonyl (C=O) groups is 1. The van der Waals surface area contributed by atoms with E-state index in [0.717, 1.165) is 13.0 Å². The molecule has 1 aromatic carbocycles. The molecule has 0 radical (unpaired) electrons. The largest absolute Gasteiger partial charge is 0.490 e. The minimum atomic E-state index is 0.0168. The number of fused-ring (bicyclic) bond motifs is 1. The van der Waals surface area contributed by atoms with Gasteiger partial charge >= 0.3 is 0 Å². The van der Waals surface area contributed by atoms with Crippen molar-refractivity contribution in [2.45, 2.75) is 19.9 Å². The number of rotatable bonds is 5. The van der Waals surface area contributed by atoms with Gasteiger partial charge < -0.3 is 14.4 Å². The lowest BCUT2D eigenvalue weighted by Crippen LogP contribution is -2.38. The average Bonchev–Trinajstić information content (AvgIpc) is 3.01. The zero-order chi connectivity index (χ0) is 15.4. The highest BCUT2D eigenvalue weighted by Gasteiger charge is 2.21. The van der Waals surface area contributed by atoms with Crippen molar-refractivity contribution in [2.75, 3.05) is 19.8 Å². The molecule has 0 atom stereocenters. The zero-order valence-corrected chi connectivity index (χ0v) is 13.4. The number of benzene rings is 1. The third-order valence-corrected chi connectivity index (χ3v) is 4.68. The summed E-state index contributed by atoms with van der Waals surface area (Å²) in [5.74, 6) is 1.31. The van der Waals surface area contributed by atoms with E-state index < -0.39 is 0 Å². The molecule has 0 aliphatic carbocycles. The maximum Gasteiger partial charge on any atom is 0.260 e. The normalized spacial score (nSPS) is 13.6. The Hall–Kier alpha value is -2.01. The van der Waals surface area contributed by atoms with Gasteiger partial charge in [0.05, 0.1) is 6.61 Å². The Labute approximate surface area is 134 Å². The van der Waals surface area contributed by atoms with Gasteiger partial charge in [-0.05, 0) is 42.5 Å². The summed E-state index contributed by atoms with van der Waals surface area (Å²) in [6.45, 7) is 4.00. The number of hydrogen-bond donors (Lipinski definition) is 0. The van der Waals surface area contributed by atoms with Crippen molar-refractivity contribution in [2.24, 2.45) is 0 Å². The average molecular weight is 317 g/mol. The molecule has 0 bridgehead atoms. The van der Waals surface area contributed by atoms with Gasteiger partial charge in [0.2, 0.25) is 0 Å². The predicted octanol–water partition coefficient (Wildman–Crippen LogP) is 3.11. The highest BCUT2D eigenvalue weighted by Crippen LogP contribution is 2.27. The second-order valence-electron chi connectivity index (χ2n) is 5.10. The summed E-state index contributed by atoms with van der Waals surface area (Å²) in [4.78, 5) is 15.6. The Bertz CT molecular complexity index is 653. The first-order valence-corrected chi connectivity index (χ1v) is 8.33. The van der Waals surface area contributed by atoms with Crippen LogP contribution in [0, 0.1) is 0 Å². The van der Waals surface area contributed by atoms with Gasteiger partial charge in [0.15, 0.2) is 18.1 Å². The molecular formula is C17H19NO3S. The molecule has 1 aliphatic heterocycles. The molecule has 4 nitrogen and oxygen atoms in total. The molecular weight excluding hydrogens is 298 g/mol. The summed E-state index contributed by atoms with van der Waals surface area (Å²) in [5, 5.41) is 2.09. The van der Waals surface area contributed by atoms with Crippen LogP contribution in [0.2, 0.25) is 0 Å². The molecule has 2 aromatic rings. The number of thiophene rings is 1. The number of hydrogen-bond acceptors (Lipinski definition) is 4. The van der Waals surface area contributed by atoms with Gasteiger partial charge in [-0.15, -0.1) is 11.3 Å². The number of para-hydroxylation sites is 2. The first-order valence-electron chi connectivity index (χ1n) is 7.45. The number of carbonyl (C=O) groups excluding carboxylic acids is 1. The summed E-state index contributed by atoms with van der Waals surface area (Å²) in [7, 11) is 0. The third-order valence-electron chi connectivity index (χ3n) is 3.66. The van der Waals surface area contributed by atoms with Crippen LogP contribution >= 0.6 is 11.3 Å². The van der Waals surface area contributed by atoms with Crippen LogP contribution in [-0.2, 0) is 17.8 Å². The maximum atomic E-state index is 12.3. The van der Waals surface area contributed by atoms with Gasteiger partial charge in [-0.2, -0.15) is 0 Å². The zero-order valence-electron chi connectivity index (χ0n) is 12.6. The Morgan fingerprint density at radius 2 is 2.00 bits per heavy atom. The van der Waals surface area contributed by atoms with E-state index in [4.69, 9.17) is 9.47 Å². The monoisotopic (exact) mass is 317 g/mol. The summed E-state index contributed by atoms with van der Waals surface area (Å²) in [5.41, 5.74) is 1.26. The van der Waals surface area contributed by atoms with E-state index in [9.17, 15) is 4.79 Å². The highest BCUT2D eigenvalue weighted by atomic mass is 32.1. The quantitative estimate of drug-likeness (QED) is 0.850. The molecule has 0 saturated carbocycles. The van der Waals surface area contributed by atoms with Gasteiger partial charge in [-0.25, -0.2) is 0 Å². The van der Waals surface area contributed by atoms with Crippen molar-refractivity contribution in [1.82, 2.24) is 4.90 Å². The van der Waals surface area contributed by atoms with Gasteiger partial charge in [0.1, 0.15) is 0 Å². The second-order valence-corrected chi connectivity index (χ2v) is 6.10. The van der Waals surface area contributed by atoms with Gasteiger partial charge in [0.25, 0.3) is 5.91 Å². The van der Waals surface area contributed by atoms with E-state index in [1.165, 1.54) is 10.4 Å². The van der Waals surface area contributed by atoms with E-state index in [-0.39, 0.29) is 12.5 Å². The van der Waals surface area contributed by atoms with Crippen LogP contribution in [-0.4, -0.2) is 30.6 Å². The van der Waals surface area contributed by atoms with E-state index in [0.29, 0.717) is 24.7 Å². The fourth-order valence-corrected chi connectivity index (χ4v) is 3.43. The minimum absolute atomic E-state index is 0.0168. The Morgan fingerprint density at radius 3 is 2.77 bits per heavy atom. The van der Waals surface area contributed by atoms with Crippen LogP contribution in [0.4, 0.5) is 0 Å². The Kier molecular flexibility index (Phi) is 4.63. The maximum absolute atomic E-state index is 12.3. The van der Waals surface area contributed by atoms with Crippen molar-refractivity contribution in [3.63, 3.8) is 0 Å². The highest BCUT2D eigenvalue weighted by molar-refractivity contribution is 7.10. The molecule has 2 heterocycles. The fraction of sp³-hybridized carbons (Fsp3) is 0.353. The van der Waals surface area contributed by atoms with Crippen molar-refractivity contribution in [3.8, 4) is 11.5 Å². The van der Waals surface area contributed by atoms with E-state index >= 15 is 0 Å². The molecule has 0 spiro atoms. The molecule has 0 N–H and O–H groups in total. The molecule has 1 aliphatic rings. The second kappa shape index (κ2) is 6.83. The van der Waals surface area contributed by atoms with Crippen molar-refractivity contribution < 1.29 is 14.3 Å². The smallest absolute Gasteiger partial charge is 0.260 e. The first kappa shape index (κ1) is 14.9. The summed E-state index contributed by atoms with van der Waals surface area (Å²) < 4.78 is 11.2. The number of ether oxygens (including phenoxy) is 2. The lowest BCUT2D eigenvalue weighted by molar-refractivity contribution is -0.134. The third kappa shape index (κ3) is 3.25. The van der Waals surface area contributed by atoms with Crippen LogP contribution in [0.15, 0.2) is 35.7 Å². The van der Waals surface area contributed by atoms with Gasteiger partial charge in [0, 0.05) is 18.0 Å². The van der Waals surface area contributed by atoms with E-state index in [1.54, 1.807) is 11.3 Å². The van der Waals surface area contributed by atoms with Crippen LogP contribution in [0.3, 0.4) is 0 Å². The molecule has 22 heavy (non-hydrogen) atoms. The standard InChI is InChI=1S/C17H19NO3S/c1-2-20-14-5-3-4-6-15(14)21-12-17(19)18-9-7-16-13(11-18)8-10-22-16/h3-6,8,10H,2,7,9,11-12H2,1H3. The lowest BCUT2D eigenvalue weighted by atomic mass is 10.1. The first-order chi connectivity index (χ1) is 10.8. The van der Waals surface area contributed by atoms with Gasteiger partial charge in [-0.3, -0.25) is 4.79 Å². The fourth-order valence-electron chi connectivity index (χ4n) is 2.54. The van der Waals surface area contributed by atoms with Crippen LogP contribution in [0.25, 0.3) is 0 Å². The predicted molar refractivity (Wildman–Crippen MR) is 86.5 cm³/mol. The van der Waals surface area contributed by atoms with Gasteiger partial charge in [-0.1, -0.05) is 12.1 Å². The Morgan fingerprint density at radius 1 is 1.23 bits per heavy atom. The molecule has 1 aromatic heterocycles. The molecule has 3 rings (SSSR count). The van der Waals surface area contributed by atoms with Crippen molar-refractivity contribution in [1.29, 1.82) is 0 Å².